The maximum atomic E-state index is 13.3. The van der Waals surface area contributed by atoms with E-state index in [2.05, 4.69) is 19.9 Å². The van der Waals surface area contributed by atoms with Gasteiger partial charge in [0.05, 0.1) is 16.7 Å². The second-order valence-electron chi connectivity index (χ2n) is 5.21. The van der Waals surface area contributed by atoms with Crippen LogP contribution in [0.4, 0.5) is 4.39 Å². The van der Waals surface area contributed by atoms with E-state index in [0.717, 1.165) is 27.9 Å². The van der Waals surface area contributed by atoms with Crippen LogP contribution in [0.2, 0.25) is 0 Å². The highest BCUT2D eigenvalue weighted by Gasteiger charge is 2.17. The third-order valence-electron chi connectivity index (χ3n) is 3.74. The van der Waals surface area contributed by atoms with Crippen LogP contribution in [0.15, 0.2) is 55.1 Å². The molecule has 5 nitrogen and oxygen atoms in total. The minimum absolute atomic E-state index is 0.311. The zero-order valence-electron chi connectivity index (χ0n) is 12.4. The number of benzene rings is 1. The van der Waals surface area contributed by atoms with Crippen LogP contribution in [0.5, 0.6) is 0 Å². The molecule has 0 bridgehead atoms. The smallest absolute Gasteiger partial charge is 0.141 e. The number of nitrogens with zero attached hydrogens (tertiary/aromatic N) is 4. The molecule has 0 saturated heterocycles. The van der Waals surface area contributed by atoms with Gasteiger partial charge in [-0.3, -0.25) is 0 Å². The van der Waals surface area contributed by atoms with Crippen molar-refractivity contribution >= 4 is 11.0 Å². The van der Waals surface area contributed by atoms with Gasteiger partial charge in [0, 0.05) is 23.5 Å². The number of aromatic amines is 1. The molecule has 0 atom stereocenters. The first-order chi connectivity index (χ1) is 11.8. The summed E-state index contributed by atoms with van der Waals surface area (Å²) < 4.78 is 13.3. The number of fused-ring (bicyclic) bond motifs is 1. The fourth-order valence-electron chi connectivity index (χ4n) is 2.67. The Bertz CT molecular complexity index is 1060. The molecule has 3 heterocycles. The Morgan fingerprint density at radius 2 is 1.71 bits per heavy atom. The van der Waals surface area contributed by atoms with E-state index >= 15 is 0 Å². The van der Waals surface area contributed by atoms with Gasteiger partial charge in [-0.15, -0.1) is 0 Å². The molecule has 0 aliphatic heterocycles. The van der Waals surface area contributed by atoms with Crippen molar-refractivity contribution in [2.75, 3.05) is 0 Å². The van der Waals surface area contributed by atoms with Crippen LogP contribution in [-0.4, -0.2) is 19.9 Å². The molecule has 0 radical (unpaired) electrons. The largest absolute Gasteiger partial charge is 0.353 e. The zero-order valence-corrected chi connectivity index (χ0v) is 12.4. The average molecular weight is 315 g/mol. The van der Waals surface area contributed by atoms with E-state index < -0.39 is 0 Å². The molecule has 1 aromatic carbocycles. The molecule has 4 rings (SSSR count). The van der Waals surface area contributed by atoms with Crippen LogP contribution in [0.3, 0.4) is 0 Å². The fraction of sp³-hybridized carbons (Fsp3) is 0. The molecule has 3 aromatic heterocycles. The molecule has 0 fully saturated rings. The van der Waals surface area contributed by atoms with Crippen LogP contribution >= 0.6 is 0 Å². The van der Waals surface area contributed by atoms with Gasteiger partial charge in [0.1, 0.15) is 23.9 Å². The van der Waals surface area contributed by atoms with Gasteiger partial charge in [0.25, 0.3) is 0 Å². The number of pyridine rings is 1. The molecular weight excluding hydrogens is 305 g/mol. The molecule has 0 amide bonds. The Labute approximate surface area is 136 Å². The molecule has 1 N–H and O–H groups in total. The van der Waals surface area contributed by atoms with Gasteiger partial charge in [-0.2, -0.15) is 5.26 Å². The van der Waals surface area contributed by atoms with Crippen molar-refractivity contribution < 1.29 is 4.39 Å². The SMILES string of the molecule is N#Cc1ccc2[nH]c(-c3cncnc3)c(-c3ccc(F)cc3)c2n1. The summed E-state index contributed by atoms with van der Waals surface area (Å²) in [6.07, 6.45) is 4.83. The Morgan fingerprint density at radius 1 is 0.958 bits per heavy atom. The number of hydrogen-bond donors (Lipinski definition) is 1. The Balaban J connectivity index is 2.06. The molecule has 0 spiro atoms. The fourth-order valence-corrected chi connectivity index (χ4v) is 2.67. The topological polar surface area (TPSA) is 78.2 Å². The quantitative estimate of drug-likeness (QED) is 0.612. The number of aromatic nitrogens is 4. The van der Waals surface area contributed by atoms with E-state index in [1.165, 1.54) is 18.5 Å². The zero-order chi connectivity index (χ0) is 16.5. The number of H-pyrrole nitrogens is 1. The normalized spacial score (nSPS) is 10.7. The van der Waals surface area contributed by atoms with Crippen LogP contribution in [0.1, 0.15) is 5.69 Å². The van der Waals surface area contributed by atoms with Crippen LogP contribution in [0, 0.1) is 17.1 Å². The third kappa shape index (κ3) is 2.29. The summed E-state index contributed by atoms with van der Waals surface area (Å²) in [5, 5.41) is 9.13. The van der Waals surface area contributed by atoms with Gasteiger partial charge in [-0.05, 0) is 29.8 Å². The summed E-state index contributed by atoms with van der Waals surface area (Å²) in [6.45, 7) is 0. The third-order valence-corrected chi connectivity index (χ3v) is 3.74. The predicted octanol–water partition coefficient (Wildman–Crippen LogP) is 3.70. The second-order valence-corrected chi connectivity index (χ2v) is 5.21. The minimum atomic E-state index is -0.311. The first kappa shape index (κ1) is 14.0. The van der Waals surface area contributed by atoms with Crippen molar-refractivity contribution in [3.05, 3.63) is 66.6 Å². The predicted molar refractivity (Wildman–Crippen MR) is 87.2 cm³/mol. The van der Waals surface area contributed by atoms with Crippen molar-refractivity contribution in [3.63, 3.8) is 0 Å². The summed E-state index contributed by atoms with van der Waals surface area (Å²) in [6, 6.07) is 11.7. The van der Waals surface area contributed by atoms with E-state index in [4.69, 9.17) is 5.26 Å². The molecule has 6 heteroatoms. The van der Waals surface area contributed by atoms with Crippen molar-refractivity contribution in [2.45, 2.75) is 0 Å². The standard InChI is InChI=1S/C18H10FN5/c19-13-3-1-11(2-4-13)16-17(12-8-21-10-22-9-12)24-15-6-5-14(7-20)23-18(15)16/h1-6,8-10,24H. The van der Waals surface area contributed by atoms with Crippen LogP contribution in [0.25, 0.3) is 33.4 Å². The molecule has 114 valence electrons. The van der Waals surface area contributed by atoms with Crippen molar-refractivity contribution in [1.29, 1.82) is 5.26 Å². The van der Waals surface area contributed by atoms with Gasteiger partial charge >= 0.3 is 0 Å². The Hall–Kier alpha value is -3.59. The molecule has 4 aromatic rings. The Kier molecular flexibility index (Phi) is 3.25. The molecule has 0 aliphatic rings. The van der Waals surface area contributed by atoms with Crippen molar-refractivity contribution in [3.8, 4) is 28.5 Å². The van der Waals surface area contributed by atoms with E-state index in [0.29, 0.717) is 11.2 Å². The lowest BCUT2D eigenvalue weighted by atomic mass is 10.0. The highest BCUT2D eigenvalue weighted by atomic mass is 19.1. The van der Waals surface area contributed by atoms with Crippen LogP contribution < -0.4 is 0 Å². The monoisotopic (exact) mass is 315 g/mol. The van der Waals surface area contributed by atoms with Gasteiger partial charge in [0.2, 0.25) is 0 Å². The van der Waals surface area contributed by atoms with Crippen molar-refractivity contribution in [1.82, 2.24) is 19.9 Å². The number of nitrogens with one attached hydrogen (secondary N) is 1. The highest BCUT2D eigenvalue weighted by Crippen LogP contribution is 2.37. The molecule has 0 aliphatic carbocycles. The summed E-state index contributed by atoms with van der Waals surface area (Å²) in [5.74, 6) is -0.311. The number of nitriles is 1. The van der Waals surface area contributed by atoms with E-state index in [9.17, 15) is 4.39 Å². The van der Waals surface area contributed by atoms with Crippen LogP contribution in [-0.2, 0) is 0 Å². The lowest BCUT2D eigenvalue weighted by molar-refractivity contribution is 0.628. The lowest BCUT2D eigenvalue weighted by Crippen LogP contribution is -1.87. The van der Waals surface area contributed by atoms with Gasteiger partial charge in [0.15, 0.2) is 0 Å². The van der Waals surface area contributed by atoms with Gasteiger partial charge in [-0.1, -0.05) is 12.1 Å². The summed E-state index contributed by atoms with van der Waals surface area (Å²) >= 11 is 0. The average Bonchev–Trinajstić information content (AvgIpc) is 3.01. The van der Waals surface area contributed by atoms with Gasteiger partial charge in [-0.25, -0.2) is 19.3 Å². The van der Waals surface area contributed by atoms with Crippen molar-refractivity contribution in [2.24, 2.45) is 0 Å². The van der Waals surface area contributed by atoms with Gasteiger partial charge < -0.3 is 4.98 Å². The molecular formula is C18H10FN5. The molecule has 0 unspecified atom stereocenters. The Morgan fingerprint density at radius 3 is 2.42 bits per heavy atom. The highest BCUT2D eigenvalue weighted by molar-refractivity contribution is 6.01. The summed E-state index contributed by atoms with van der Waals surface area (Å²) in [7, 11) is 0. The first-order valence-electron chi connectivity index (χ1n) is 7.20. The number of rotatable bonds is 2. The number of halogens is 1. The first-order valence-corrected chi connectivity index (χ1v) is 7.20. The molecule has 24 heavy (non-hydrogen) atoms. The van der Waals surface area contributed by atoms with E-state index in [1.54, 1.807) is 36.7 Å². The van der Waals surface area contributed by atoms with E-state index in [1.807, 2.05) is 6.07 Å². The number of hydrogen-bond acceptors (Lipinski definition) is 4. The summed E-state index contributed by atoms with van der Waals surface area (Å²) in [4.78, 5) is 15.8. The molecule has 0 saturated carbocycles. The second kappa shape index (κ2) is 5.56. The lowest BCUT2D eigenvalue weighted by Gasteiger charge is -2.04. The maximum absolute atomic E-state index is 13.3. The maximum Gasteiger partial charge on any atom is 0.141 e. The summed E-state index contributed by atoms with van der Waals surface area (Å²) in [5.41, 5.74) is 4.90. The minimum Gasteiger partial charge on any atom is -0.353 e. The van der Waals surface area contributed by atoms with E-state index in [-0.39, 0.29) is 5.82 Å².